The fourth-order valence-electron chi connectivity index (χ4n) is 1.50. The molecule has 2 aromatic rings. The van der Waals surface area contributed by atoms with E-state index in [0.29, 0.717) is 28.1 Å². The molecular weight excluding hydrogens is 365 g/mol. The van der Waals surface area contributed by atoms with Gasteiger partial charge in [-0.1, -0.05) is 0 Å². The molecule has 0 aliphatic carbocycles. The van der Waals surface area contributed by atoms with Gasteiger partial charge in [-0.2, -0.15) is 0 Å². The molecule has 2 heterocycles. The van der Waals surface area contributed by atoms with E-state index >= 15 is 0 Å². The summed E-state index contributed by atoms with van der Waals surface area (Å²) < 4.78 is 5.62. The van der Waals surface area contributed by atoms with Crippen molar-refractivity contribution in [2.24, 2.45) is 0 Å². The number of halogens is 1. The Morgan fingerprint density at radius 3 is 2.89 bits per heavy atom. The van der Waals surface area contributed by atoms with Gasteiger partial charge in [-0.15, -0.1) is 11.3 Å². The number of ether oxygens (including phenoxy) is 1. The van der Waals surface area contributed by atoms with Crippen LogP contribution in [0.25, 0.3) is 0 Å². The number of H-pyrrole nitrogens is 1. The Hall–Kier alpha value is -0.800. The van der Waals surface area contributed by atoms with Crippen molar-refractivity contribution in [3.63, 3.8) is 0 Å². The van der Waals surface area contributed by atoms with Crippen LogP contribution in [-0.4, -0.2) is 22.1 Å². The zero-order chi connectivity index (χ0) is 13.1. The molecule has 0 atom stereocenters. The summed E-state index contributed by atoms with van der Waals surface area (Å²) in [6.07, 6.45) is 0.543. The van der Waals surface area contributed by atoms with E-state index in [0.717, 1.165) is 10.7 Å². The van der Waals surface area contributed by atoms with Crippen molar-refractivity contribution in [3.05, 3.63) is 41.5 Å². The maximum Gasteiger partial charge on any atom is 0.264 e. The van der Waals surface area contributed by atoms with Crippen LogP contribution in [0, 0.1) is 10.5 Å². The van der Waals surface area contributed by atoms with Gasteiger partial charge < -0.3 is 9.72 Å². The summed E-state index contributed by atoms with van der Waals surface area (Å²) in [5.41, 5.74) is 1.53. The lowest BCUT2D eigenvalue weighted by Crippen LogP contribution is -2.18. The number of thiazole rings is 1. The summed E-state index contributed by atoms with van der Waals surface area (Å²) in [6, 6.07) is 0. The summed E-state index contributed by atoms with van der Waals surface area (Å²) in [5.74, 6) is 0.627. The van der Waals surface area contributed by atoms with E-state index in [9.17, 15) is 4.79 Å². The highest BCUT2D eigenvalue weighted by atomic mass is 127. The maximum atomic E-state index is 11.8. The van der Waals surface area contributed by atoms with Crippen molar-refractivity contribution in [2.45, 2.75) is 20.0 Å². The normalized spacial score (nSPS) is 10.8. The Balaban J connectivity index is 2.31. The minimum atomic E-state index is -0.124. The molecule has 2 aromatic heterocycles. The summed E-state index contributed by atoms with van der Waals surface area (Å²) in [4.78, 5) is 23.3. The molecule has 0 saturated heterocycles. The summed E-state index contributed by atoms with van der Waals surface area (Å²) in [6.45, 7) is 2.28. The lowest BCUT2D eigenvalue weighted by molar-refractivity contribution is 0.180. The van der Waals surface area contributed by atoms with E-state index < -0.39 is 0 Å². The van der Waals surface area contributed by atoms with Gasteiger partial charge in [0, 0.05) is 18.2 Å². The Bertz CT molecular complexity index is 609. The van der Waals surface area contributed by atoms with E-state index in [1.165, 1.54) is 0 Å². The average molecular weight is 377 g/mol. The van der Waals surface area contributed by atoms with Crippen LogP contribution in [0.5, 0.6) is 0 Å². The van der Waals surface area contributed by atoms with Crippen molar-refractivity contribution in [1.82, 2.24) is 15.0 Å². The molecule has 7 heteroatoms. The second kappa shape index (κ2) is 5.89. The molecule has 0 aliphatic rings. The molecule has 0 unspecified atom stereocenters. The molecular formula is C11H12IN3O2S. The first-order chi connectivity index (χ1) is 8.60. The molecule has 0 spiro atoms. The number of methoxy groups -OCH3 is 1. The zero-order valence-electron chi connectivity index (χ0n) is 9.99. The van der Waals surface area contributed by atoms with Gasteiger partial charge in [0.25, 0.3) is 5.56 Å². The molecule has 96 valence electrons. The van der Waals surface area contributed by atoms with Crippen LogP contribution in [-0.2, 0) is 17.8 Å². The largest absolute Gasteiger partial charge is 0.378 e. The first-order valence-corrected chi connectivity index (χ1v) is 7.23. The summed E-state index contributed by atoms with van der Waals surface area (Å²) in [7, 11) is 1.59. The SMILES string of the molecule is COCc1nc(Cc2nc(C)cs2)[nH]c(=O)c1I. The number of aromatic nitrogens is 3. The van der Waals surface area contributed by atoms with E-state index in [1.54, 1.807) is 18.4 Å². The van der Waals surface area contributed by atoms with Gasteiger partial charge in [0.2, 0.25) is 0 Å². The van der Waals surface area contributed by atoms with Gasteiger partial charge in [0.05, 0.1) is 18.7 Å². The molecule has 0 radical (unpaired) electrons. The van der Waals surface area contributed by atoms with Gasteiger partial charge in [-0.3, -0.25) is 4.79 Å². The number of nitrogens with one attached hydrogen (secondary N) is 1. The zero-order valence-corrected chi connectivity index (χ0v) is 13.0. The highest BCUT2D eigenvalue weighted by Crippen LogP contribution is 2.13. The third-order valence-electron chi connectivity index (χ3n) is 2.25. The van der Waals surface area contributed by atoms with Crippen molar-refractivity contribution >= 4 is 33.9 Å². The molecule has 0 fully saturated rings. The predicted octanol–water partition coefficient (Wildman–Crippen LogP) is 1.88. The van der Waals surface area contributed by atoms with Crippen LogP contribution in [0.15, 0.2) is 10.2 Å². The lowest BCUT2D eigenvalue weighted by atomic mass is 10.3. The molecule has 1 N–H and O–H groups in total. The third-order valence-corrected chi connectivity index (χ3v) is 4.33. The quantitative estimate of drug-likeness (QED) is 0.827. The van der Waals surface area contributed by atoms with Gasteiger partial charge in [0.1, 0.15) is 14.4 Å². The Morgan fingerprint density at radius 2 is 2.28 bits per heavy atom. The molecule has 0 aliphatic heterocycles. The Labute approximate surface area is 122 Å². The van der Waals surface area contributed by atoms with Crippen LogP contribution in [0.3, 0.4) is 0 Å². The second-order valence-electron chi connectivity index (χ2n) is 3.77. The van der Waals surface area contributed by atoms with Gasteiger partial charge in [0.15, 0.2) is 0 Å². The van der Waals surface area contributed by atoms with Crippen LogP contribution < -0.4 is 5.56 Å². The van der Waals surface area contributed by atoms with Crippen molar-refractivity contribution in [2.75, 3.05) is 7.11 Å². The van der Waals surface area contributed by atoms with Crippen LogP contribution in [0.1, 0.15) is 22.2 Å². The summed E-state index contributed by atoms with van der Waals surface area (Å²) >= 11 is 3.55. The van der Waals surface area contributed by atoms with Crippen LogP contribution in [0.2, 0.25) is 0 Å². The fraction of sp³-hybridized carbons (Fsp3) is 0.364. The number of nitrogens with zero attached hydrogens (tertiary/aromatic N) is 2. The van der Waals surface area contributed by atoms with Crippen LogP contribution >= 0.6 is 33.9 Å². The number of rotatable bonds is 4. The van der Waals surface area contributed by atoms with Gasteiger partial charge in [-0.25, -0.2) is 9.97 Å². The Kier molecular flexibility index (Phi) is 4.46. The van der Waals surface area contributed by atoms with Crippen molar-refractivity contribution < 1.29 is 4.74 Å². The highest BCUT2D eigenvalue weighted by Gasteiger charge is 2.10. The molecule has 0 amide bonds. The minimum absolute atomic E-state index is 0.124. The van der Waals surface area contributed by atoms with E-state index in [4.69, 9.17) is 4.74 Å². The smallest absolute Gasteiger partial charge is 0.264 e. The lowest BCUT2D eigenvalue weighted by Gasteiger charge is -2.04. The van der Waals surface area contributed by atoms with Crippen molar-refractivity contribution in [3.8, 4) is 0 Å². The molecule has 5 nitrogen and oxygen atoms in total. The molecule has 18 heavy (non-hydrogen) atoms. The second-order valence-corrected chi connectivity index (χ2v) is 5.79. The fourth-order valence-corrected chi connectivity index (χ4v) is 2.69. The van der Waals surface area contributed by atoms with Gasteiger partial charge in [-0.05, 0) is 29.5 Å². The van der Waals surface area contributed by atoms with Gasteiger partial charge >= 0.3 is 0 Å². The molecule has 2 rings (SSSR count). The minimum Gasteiger partial charge on any atom is -0.378 e. The van der Waals surface area contributed by atoms with E-state index in [-0.39, 0.29) is 5.56 Å². The third kappa shape index (κ3) is 3.15. The van der Waals surface area contributed by atoms with Crippen LogP contribution in [0.4, 0.5) is 0 Å². The first-order valence-electron chi connectivity index (χ1n) is 5.27. The maximum absolute atomic E-state index is 11.8. The van der Waals surface area contributed by atoms with Crippen molar-refractivity contribution in [1.29, 1.82) is 0 Å². The summed E-state index contributed by atoms with van der Waals surface area (Å²) in [5, 5.41) is 2.93. The number of hydrogen-bond acceptors (Lipinski definition) is 5. The van der Waals surface area contributed by atoms with E-state index in [1.807, 2.05) is 34.9 Å². The number of aryl methyl sites for hydroxylation is 1. The van der Waals surface area contributed by atoms with E-state index in [2.05, 4.69) is 15.0 Å². The first kappa shape index (κ1) is 13.6. The number of aromatic amines is 1. The monoisotopic (exact) mass is 377 g/mol. The standard InChI is InChI=1S/C11H12IN3O2S/c1-6-5-18-9(13-6)3-8-14-7(4-17-2)10(12)11(16)15-8/h5H,3-4H2,1-2H3,(H,14,15,16). The molecule has 0 bridgehead atoms. The topological polar surface area (TPSA) is 67.9 Å². The number of hydrogen-bond donors (Lipinski definition) is 1. The molecule has 0 aromatic carbocycles. The predicted molar refractivity (Wildman–Crippen MR) is 77.9 cm³/mol. The highest BCUT2D eigenvalue weighted by molar-refractivity contribution is 14.1. The Morgan fingerprint density at radius 1 is 1.50 bits per heavy atom. The average Bonchev–Trinajstić information content (AvgIpc) is 2.71. The molecule has 0 saturated carbocycles.